The molecule has 6 nitrogen and oxygen atoms in total. The number of amides is 1. The smallest absolute Gasteiger partial charge is 0.270 e. The van der Waals surface area contributed by atoms with Gasteiger partial charge in [0.05, 0.1) is 11.6 Å². The average Bonchev–Trinajstić information content (AvgIpc) is 2.68. The largest absolute Gasteiger partial charge is 0.355 e. The van der Waals surface area contributed by atoms with E-state index in [4.69, 9.17) is 5.26 Å². The predicted molar refractivity (Wildman–Crippen MR) is 94.1 cm³/mol. The van der Waals surface area contributed by atoms with Crippen molar-refractivity contribution >= 4 is 17.3 Å². The first-order valence-electron chi connectivity index (χ1n) is 7.65. The molecule has 0 radical (unpaired) electrons. The van der Waals surface area contributed by atoms with Crippen LogP contribution in [0.15, 0.2) is 67.1 Å². The van der Waals surface area contributed by atoms with Crippen LogP contribution >= 0.6 is 0 Å². The van der Waals surface area contributed by atoms with E-state index >= 15 is 0 Å². The Balaban J connectivity index is 1.66. The van der Waals surface area contributed by atoms with Gasteiger partial charge < -0.3 is 10.6 Å². The number of aromatic nitrogens is 2. The highest BCUT2D eigenvalue weighted by Crippen LogP contribution is 2.17. The maximum atomic E-state index is 12.3. The van der Waals surface area contributed by atoms with Crippen LogP contribution < -0.4 is 10.6 Å². The number of nitrogens with one attached hydrogen (secondary N) is 2. The third kappa shape index (κ3) is 4.39. The molecule has 6 heteroatoms. The number of pyridine rings is 2. The second kappa shape index (κ2) is 7.70. The molecule has 3 aromatic rings. The molecule has 0 bridgehead atoms. The van der Waals surface area contributed by atoms with Gasteiger partial charge in [-0.15, -0.1) is 0 Å². The van der Waals surface area contributed by atoms with E-state index in [1.165, 1.54) is 0 Å². The summed E-state index contributed by atoms with van der Waals surface area (Å²) < 4.78 is 0. The van der Waals surface area contributed by atoms with Crippen LogP contribution in [0, 0.1) is 11.3 Å². The topological polar surface area (TPSA) is 90.7 Å². The van der Waals surface area contributed by atoms with E-state index in [1.54, 1.807) is 42.9 Å². The molecular formula is C19H15N5O. The molecule has 0 fully saturated rings. The van der Waals surface area contributed by atoms with Crippen molar-refractivity contribution in [2.75, 3.05) is 5.32 Å². The molecule has 3 rings (SSSR count). The lowest BCUT2D eigenvalue weighted by molar-refractivity contribution is 0.0946. The zero-order chi connectivity index (χ0) is 17.5. The highest BCUT2D eigenvalue weighted by atomic mass is 16.1. The number of hydrogen-bond acceptors (Lipinski definition) is 5. The summed E-state index contributed by atoms with van der Waals surface area (Å²) in [7, 11) is 0. The fraction of sp³-hybridized carbons (Fsp3) is 0.0526. The molecule has 0 unspecified atom stereocenters. The Hall–Kier alpha value is -3.72. The number of hydrogen-bond donors (Lipinski definition) is 2. The summed E-state index contributed by atoms with van der Waals surface area (Å²) in [5, 5.41) is 14.8. The van der Waals surface area contributed by atoms with Gasteiger partial charge in [0.2, 0.25) is 0 Å². The molecule has 0 aliphatic heterocycles. The van der Waals surface area contributed by atoms with Gasteiger partial charge in [-0.25, -0.2) is 0 Å². The maximum Gasteiger partial charge on any atom is 0.270 e. The van der Waals surface area contributed by atoms with Crippen LogP contribution in [0.25, 0.3) is 0 Å². The van der Waals surface area contributed by atoms with Gasteiger partial charge in [0.25, 0.3) is 5.91 Å². The van der Waals surface area contributed by atoms with E-state index in [9.17, 15) is 4.79 Å². The second-order valence-corrected chi connectivity index (χ2v) is 5.28. The van der Waals surface area contributed by atoms with E-state index in [0.717, 1.165) is 16.9 Å². The van der Waals surface area contributed by atoms with Crippen molar-refractivity contribution in [3.05, 3.63) is 83.9 Å². The Bertz CT molecular complexity index is 901. The van der Waals surface area contributed by atoms with Crippen molar-refractivity contribution in [1.29, 1.82) is 5.26 Å². The standard InChI is InChI=1S/C19H15N5O/c20-12-14-1-3-16(4-2-14)24-17-7-10-22-18(11-17)19(25)23-13-15-5-8-21-9-6-15/h1-11H,13H2,(H,22,24)(H,23,25). The Morgan fingerprint density at radius 3 is 2.48 bits per heavy atom. The highest BCUT2D eigenvalue weighted by Gasteiger charge is 2.08. The lowest BCUT2D eigenvalue weighted by Gasteiger charge is -2.09. The zero-order valence-electron chi connectivity index (χ0n) is 13.3. The van der Waals surface area contributed by atoms with Crippen LogP contribution in [-0.4, -0.2) is 15.9 Å². The Morgan fingerprint density at radius 1 is 1.00 bits per heavy atom. The summed E-state index contributed by atoms with van der Waals surface area (Å²) in [6.45, 7) is 0.413. The summed E-state index contributed by atoms with van der Waals surface area (Å²) in [6.07, 6.45) is 4.94. The van der Waals surface area contributed by atoms with Crippen LogP contribution in [0.1, 0.15) is 21.6 Å². The number of carbonyl (C=O) groups is 1. The first-order valence-corrected chi connectivity index (χ1v) is 7.65. The SMILES string of the molecule is N#Cc1ccc(Nc2ccnc(C(=O)NCc3ccncc3)c2)cc1. The first kappa shape index (κ1) is 16.1. The number of nitriles is 1. The number of rotatable bonds is 5. The Labute approximate surface area is 145 Å². The summed E-state index contributed by atoms with van der Waals surface area (Å²) in [5.74, 6) is -0.250. The van der Waals surface area contributed by atoms with Crippen molar-refractivity contribution in [3.63, 3.8) is 0 Å². The fourth-order valence-electron chi connectivity index (χ4n) is 2.20. The van der Waals surface area contributed by atoms with Gasteiger partial charge in [-0.3, -0.25) is 14.8 Å². The zero-order valence-corrected chi connectivity index (χ0v) is 13.3. The van der Waals surface area contributed by atoms with Crippen molar-refractivity contribution in [1.82, 2.24) is 15.3 Å². The monoisotopic (exact) mass is 329 g/mol. The summed E-state index contributed by atoms with van der Waals surface area (Å²) in [4.78, 5) is 20.3. The minimum absolute atomic E-state index is 0.250. The van der Waals surface area contributed by atoms with Gasteiger partial charge >= 0.3 is 0 Å². The molecule has 2 N–H and O–H groups in total. The van der Waals surface area contributed by atoms with Gasteiger partial charge in [0, 0.05) is 36.5 Å². The van der Waals surface area contributed by atoms with Gasteiger partial charge in [-0.05, 0) is 54.1 Å². The predicted octanol–water partition coefficient (Wildman–Crippen LogP) is 3.02. The van der Waals surface area contributed by atoms with Gasteiger partial charge in [0.15, 0.2) is 0 Å². The fourth-order valence-corrected chi connectivity index (χ4v) is 2.20. The van der Waals surface area contributed by atoms with Gasteiger partial charge in [-0.1, -0.05) is 0 Å². The average molecular weight is 329 g/mol. The lowest BCUT2D eigenvalue weighted by atomic mass is 10.2. The Kier molecular flexibility index (Phi) is 4.98. The van der Waals surface area contributed by atoms with Crippen LogP contribution in [0.3, 0.4) is 0 Å². The van der Waals surface area contributed by atoms with Crippen molar-refractivity contribution in [2.24, 2.45) is 0 Å². The molecule has 0 saturated heterocycles. The maximum absolute atomic E-state index is 12.3. The second-order valence-electron chi connectivity index (χ2n) is 5.28. The summed E-state index contributed by atoms with van der Waals surface area (Å²) >= 11 is 0. The normalized spacial score (nSPS) is 9.88. The summed E-state index contributed by atoms with van der Waals surface area (Å²) in [6, 6.07) is 16.3. The minimum atomic E-state index is -0.250. The molecule has 0 spiro atoms. The van der Waals surface area contributed by atoms with Crippen molar-refractivity contribution in [3.8, 4) is 6.07 Å². The van der Waals surface area contributed by atoms with Crippen LogP contribution in [0.4, 0.5) is 11.4 Å². The van der Waals surface area contributed by atoms with E-state index in [2.05, 4.69) is 26.7 Å². The van der Waals surface area contributed by atoms with Crippen molar-refractivity contribution in [2.45, 2.75) is 6.54 Å². The van der Waals surface area contributed by atoms with E-state index in [1.807, 2.05) is 24.3 Å². The van der Waals surface area contributed by atoms with E-state index in [0.29, 0.717) is 17.8 Å². The molecule has 122 valence electrons. The molecule has 2 heterocycles. The highest BCUT2D eigenvalue weighted by molar-refractivity contribution is 5.93. The molecule has 0 aliphatic carbocycles. The third-order valence-corrected chi connectivity index (χ3v) is 3.50. The summed E-state index contributed by atoms with van der Waals surface area (Å²) in [5.41, 5.74) is 3.46. The molecule has 2 aromatic heterocycles. The van der Waals surface area contributed by atoms with E-state index < -0.39 is 0 Å². The minimum Gasteiger partial charge on any atom is -0.355 e. The quantitative estimate of drug-likeness (QED) is 0.751. The molecule has 25 heavy (non-hydrogen) atoms. The number of nitrogens with zero attached hydrogens (tertiary/aromatic N) is 3. The molecule has 1 aromatic carbocycles. The molecule has 0 atom stereocenters. The number of anilines is 2. The third-order valence-electron chi connectivity index (χ3n) is 3.50. The number of carbonyl (C=O) groups excluding carboxylic acids is 1. The number of benzene rings is 1. The van der Waals surface area contributed by atoms with Crippen molar-refractivity contribution < 1.29 is 4.79 Å². The molecular weight excluding hydrogens is 314 g/mol. The Morgan fingerprint density at radius 2 is 1.76 bits per heavy atom. The van der Waals surface area contributed by atoms with Crippen LogP contribution in [-0.2, 0) is 6.54 Å². The van der Waals surface area contributed by atoms with Gasteiger partial charge in [-0.2, -0.15) is 5.26 Å². The molecule has 0 aliphatic rings. The lowest BCUT2D eigenvalue weighted by Crippen LogP contribution is -2.23. The molecule has 1 amide bonds. The van der Waals surface area contributed by atoms with E-state index in [-0.39, 0.29) is 5.91 Å². The van der Waals surface area contributed by atoms with Crippen LogP contribution in [0.5, 0.6) is 0 Å². The first-order chi connectivity index (χ1) is 12.2. The van der Waals surface area contributed by atoms with Gasteiger partial charge in [0.1, 0.15) is 5.69 Å². The molecule has 0 saturated carbocycles. The van der Waals surface area contributed by atoms with Crippen LogP contribution in [0.2, 0.25) is 0 Å².